The number of rotatable bonds is 2. The number of hydrogen-bond donors (Lipinski definition) is 1. The molecule has 13 heavy (non-hydrogen) atoms. The van der Waals surface area contributed by atoms with Crippen LogP contribution in [0, 0.1) is 0 Å². The van der Waals surface area contributed by atoms with Gasteiger partial charge in [-0.1, -0.05) is 6.92 Å². The first-order chi connectivity index (χ1) is 6.31. The number of nitrogens with one attached hydrogen (secondary N) is 1. The van der Waals surface area contributed by atoms with E-state index in [9.17, 15) is 4.79 Å². The maximum atomic E-state index is 11.1. The van der Waals surface area contributed by atoms with Crippen molar-refractivity contribution in [3.8, 4) is 0 Å². The van der Waals surface area contributed by atoms with Crippen molar-refractivity contribution in [3.63, 3.8) is 0 Å². The number of aromatic nitrogens is 2. The lowest BCUT2D eigenvalue weighted by molar-refractivity contribution is 0.895. The van der Waals surface area contributed by atoms with Crippen LogP contribution in [0.25, 0.3) is 0 Å². The van der Waals surface area contributed by atoms with Crippen LogP contribution in [-0.4, -0.2) is 15.7 Å². The minimum atomic E-state index is -0.198. The molecule has 2 rings (SSSR count). The van der Waals surface area contributed by atoms with Crippen molar-refractivity contribution in [1.29, 1.82) is 0 Å². The molecular weight excluding hydrogens is 184 g/mol. The molecule has 0 saturated heterocycles. The fourth-order valence-electron chi connectivity index (χ4n) is 1.69. The Kier molecular flexibility index (Phi) is 2.40. The number of aromatic amines is 1. The zero-order chi connectivity index (χ0) is 9.26. The third-order valence-electron chi connectivity index (χ3n) is 2.22. The third-order valence-corrected chi connectivity index (χ3v) is 3.12. The molecule has 0 radical (unpaired) electrons. The van der Waals surface area contributed by atoms with Gasteiger partial charge in [-0.05, 0) is 25.0 Å². The Bertz CT molecular complexity index is 372. The molecule has 0 bridgehead atoms. The summed E-state index contributed by atoms with van der Waals surface area (Å²) in [6.45, 7) is 2.08. The Morgan fingerprint density at radius 3 is 3.15 bits per heavy atom. The summed E-state index contributed by atoms with van der Waals surface area (Å²) in [6.07, 6.45) is 3.22. The van der Waals surface area contributed by atoms with E-state index in [0.29, 0.717) is 0 Å². The van der Waals surface area contributed by atoms with E-state index < -0.39 is 0 Å². The molecule has 3 nitrogen and oxygen atoms in total. The first-order valence-electron chi connectivity index (χ1n) is 4.56. The quantitative estimate of drug-likeness (QED) is 0.574. The lowest BCUT2D eigenvalue weighted by Crippen LogP contribution is -2.14. The van der Waals surface area contributed by atoms with Crippen LogP contribution in [0.5, 0.6) is 0 Å². The summed E-state index contributed by atoms with van der Waals surface area (Å²) in [7, 11) is 0. The topological polar surface area (TPSA) is 45.8 Å². The van der Waals surface area contributed by atoms with E-state index in [1.807, 2.05) is 0 Å². The first kappa shape index (κ1) is 8.81. The molecule has 0 aromatic carbocycles. The Morgan fingerprint density at radius 1 is 1.54 bits per heavy atom. The van der Waals surface area contributed by atoms with Crippen LogP contribution in [0.4, 0.5) is 0 Å². The lowest BCUT2D eigenvalue weighted by Gasteiger charge is -2.03. The van der Waals surface area contributed by atoms with Gasteiger partial charge in [-0.3, -0.25) is 0 Å². The molecule has 0 saturated carbocycles. The Hall–Kier alpha value is -0.770. The summed E-state index contributed by atoms with van der Waals surface area (Å²) in [6, 6.07) is 0. The molecule has 0 atom stereocenters. The number of H-pyrrole nitrogens is 1. The van der Waals surface area contributed by atoms with Crippen molar-refractivity contribution in [1.82, 2.24) is 9.97 Å². The highest BCUT2D eigenvalue weighted by molar-refractivity contribution is 7.99. The summed E-state index contributed by atoms with van der Waals surface area (Å²) >= 11 is 1.66. The summed E-state index contributed by atoms with van der Waals surface area (Å²) in [5, 5.41) is 0.943. The third kappa shape index (κ3) is 1.63. The second-order valence-corrected chi connectivity index (χ2v) is 4.34. The summed E-state index contributed by atoms with van der Waals surface area (Å²) in [4.78, 5) is 17.9. The van der Waals surface area contributed by atoms with E-state index in [1.54, 1.807) is 11.8 Å². The van der Waals surface area contributed by atoms with Gasteiger partial charge < -0.3 is 4.98 Å². The lowest BCUT2D eigenvalue weighted by atomic mass is 10.3. The molecule has 1 aromatic rings. The number of fused-ring (bicyclic) bond motifs is 1. The maximum Gasteiger partial charge on any atom is 0.346 e. The predicted molar refractivity (Wildman–Crippen MR) is 53.3 cm³/mol. The molecule has 0 fully saturated rings. The highest BCUT2D eigenvalue weighted by atomic mass is 32.2. The molecule has 0 unspecified atom stereocenters. The fourth-order valence-corrected chi connectivity index (χ4v) is 2.51. The average Bonchev–Trinajstić information content (AvgIpc) is 2.52. The van der Waals surface area contributed by atoms with Gasteiger partial charge in [0.2, 0.25) is 0 Å². The van der Waals surface area contributed by atoms with Crippen LogP contribution in [0.3, 0.4) is 0 Å². The monoisotopic (exact) mass is 196 g/mol. The van der Waals surface area contributed by atoms with Crippen LogP contribution in [0.1, 0.15) is 24.6 Å². The van der Waals surface area contributed by atoms with E-state index >= 15 is 0 Å². The number of nitrogens with zero attached hydrogens (tertiary/aromatic N) is 1. The summed E-state index contributed by atoms with van der Waals surface area (Å²) < 4.78 is 0. The van der Waals surface area contributed by atoms with Gasteiger partial charge in [0.15, 0.2) is 0 Å². The molecule has 1 aromatic heterocycles. The van der Waals surface area contributed by atoms with Gasteiger partial charge in [-0.25, -0.2) is 4.79 Å². The smallest absolute Gasteiger partial charge is 0.309 e. The largest absolute Gasteiger partial charge is 0.346 e. The van der Waals surface area contributed by atoms with E-state index in [1.165, 1.54) is 5.56 Å². The SMILES string of the molecule is CCSc1nc(=O)[nH]c2c1CCC2. The van der Waals surface area contributed by atoms with Crippen molar-refractivity contribution in [2.75, 3.05) is 5.75 Å². The van der Waals surface area contributed by atoms with Crippen molar-refractivity contribution >= 4 is 11.8 Å². The van der Waals surface area contributed by atoms with E-state index in [0.717, 1.165) is 35.7 Å². The van der Waals surface area contributed by atoms with Gasteiger partial charge in [0.25, 0.3) is 0 Å². The van der Waals surface area contributed by atoms with Crippen molar-refractivity contribution in [2.24, 2.45) is 0 Å². The molecule has 70 valence electrons. The maximum absolute atomic E-state index is 11.1. The van der Waals surface area contributed by atoms with Gasteiger partial charge >= 0.3 is 5.69 Å². The van der Waals surface area contributed by atoms with Gasteiger partial charge in [-0.15, -0.1) is 11.8 Å². The van der Waals surface area contributed by atoms with Crippen LogP contribution < -0.4 is 5.69 Å². The standard InChI is InChI=1S/C9H12N2OS/c1-2-13-8-6-4-3-5-7(6)10-9(12)11-8/h2-5H2,1H3,(H,10,11,12). The molecule has 0 aliphatic heterocycles. The number of thioether (sulfide) groups is 1. The van der Waals surface area contributed by atoms with Crippen molar-refractivity contribution in [3.05, 3.63) is 21.7 Å². The molecule has 1 aliphatic rings. The molecule has 4 heteroatoms. The minimum Gasteiger partial charge on any atom is -0.309 e. The van der Waals surface area contributed by atoms with Gasteiger partial charge in [0, 0.05) is 11.3 Å². The molecular formula is C9H12N2OS. The Labute approximate surface area is 81.0 Å². The summed E-state index contributed by atoms with van der Waals surface area (Å²) in [5.74, 6) is 0.975. The van der Waals surface area contributed by atoms with Crippen LogP contribution >= 0.6 is 11.8 Å². The van der Waals surface area contributed by atoms with Crippen LogP contribution in [0.15, 0.2) is 9.82 Å². The van der Waals surface area contributed by atoms with E-state index in [2.05, 4.69) is 16.9 Å². The molecule has 1 heterocycles. The predicted octanol–water partition coefficient (Wildman–Crippen LogP) is 1.37. The second kappa shape index (κ2) is 3.54. The summed E-state index contributed by atoms with van der Waals surface area (Å²) in [5.41, 5.74) is 2.18. The highest BCUT2D eigenvalue weighted by Gasteiger charge is 2.17. The van der Waals surface area contributed by atoms with Crippen molar-refractivity contribution in [2.45, 2.75) is 31.2 Å². The Balaban J connectivity index is 2.49. The van der Waals surface area contributed by atoms with Gasteiger partial charge in [-0.2, -0.15) is 4.98 Å². The molecule has 1 N–H and O–H groups in total. The Morgan fingerprint density at radius 2 is 2.38 bits per heavy atom. The average molecular weight is 196 g/mol. The van der Waals surface area contributed by atoms with Crippen LogP contribution in [-0.2, 0) is 12.8 Å². The molecule has 0 spiro atoms. The highest BCUT2D eigenvalue weighted by Crippen LogP contribution is 2.27. The fraction of sp³-hybridized carbons (Fsp3) is 0.556. The van der Waals surface area contributed by atoms with E-state index in [-0.39, 0.29) is 5.69 Å². The minimum absolute atomic E-state index is 0.198. The second-order valence-electron chi connectivity index (χ2n) is 3.09. The number of hydrogen-bond acceptors (Lipinski definition) is 3. The molecule has 0 amide bonds. The zero-order valence-corrected chi connectivity index (χ0v) is 8.41. The van der Waals surface area contributed by atoms with Crippen LogP contribution in [0.2, 0.25) is 0 Å². The number of aryl methyl sites for hydroxylation is 1. The van der Waals surface area contributed by atoms with E-state index in [4.69, 9.17) is 0 Å². The first-order valence-corrected chi connectivity index (χ1v) is 5.54. The van der Waals surface area contributed by atoms with Gasteiger partial charge in [0.1, 0.15) is 5.03 Å². The van der Waals surface area contributed by atoms with Gasteiger partial charge in [0.05, 0.1) is 0 Å². The molecule has 1 aliphatic carbocycles. The van der Waals surface area contributed by atoms with Crippen molar-refractivity contribution < 1.29 is 0 Å². The normalized spacial score (nSPS) is 14.5. The zero-order valence-electron chi connectivity index (χ0n) is 7.59.